The summed E-state index contributed by atoms with van der Waals surface area (Å²) in [5.41, 5.74) is 2.17. The van der Waals surface area contributed by atoms with Crippen LogP contribution in [-0.2, 0) is 6.42 Å². The largest absolute Gasteiger partial charge is 0.361 e. The van der Waals surface area contributed by atoms with Crippen LogP contribution in [0.4, 0.5) is 0 Å². The Hall–Kier alpha value is -0.830. The highest BCUT2D eigenvalue weighted by Crippen LogP contribution is 2.29. The molecule has 1 aromatic heterocycles. The Labute approximate surface area is 168 Å². The normalized spacial score (nSPS) is 19.6. The van der Waals surface area contributed by atoms with Gasteiger partial charge in [-0.25, -0.2) is 0 Å². The van der Waals surface area contributed by atoms with Gasteiger partial charge in [0.25, 0.3) is 0 Å². The molecule has 0 unspecified atom stereocenters. The molecular weight excluding hydrogens is 429 g/mol. The topological polar surface area (TPSA) is 65.7 Å². The van der Waals surface area contributed by atoms with Gasteiger partial charge >= 0.3 is 0 Å². The maximum absolute atomic E-state index is 5.22. The summed E-state index contributed by atoms with van der Waals surface area (Å²) in [4.78, 5) is 7.39. The Morgan fingerprint density at radius 1 is 1.24 bits per heavy atom. The molecule has 0 aromatic carbocycles. The van der Waals surface area contributed by atoms with Gasteiger partial charge in [-0.2, -0.15) is 0 Å². The molecule has 142 valence electrons. The van der Waals surface area contributed by atoms with Crippen molar-refractivity contribution in [3.63, 3.8) is 0 Å². The fraction of sp³-hybridized carbons (Fsp3) is 0.778. The molecule has 25 heavy (non-hydrogen) atoms. The third kappa shape index (κ3) is 5.84. The highest BCUT2D eigenvalue weighted by molar-refractivity contribution is 14.0. The first-order valence-corrected chi connectivity index (χ1v) is 9.38. The van der Waals surface area contributed by atoms with Gasteiger partial charge in [0, 0.05) is 43.8 Å². The number of likely N-dealkylation sites (tertiary alicyclic amines) is 1. The number of hydrogen-bond donors (Lipinski definition) is 2. The molecule has 2 heterocycles. The summed E-state index contributed by atoms with van der Waals surface area (Å²) in [6, 6.07) is 1.43. The molecule has 0 spiro atoms. The van der Waals surface area contributed by atoms with Crippen LogP contribution < -0.4 is 10.6 Å². The van der Waals surface area contributed by atoms with E-state index in [4.69, 9.17) is 9.52 Å². The maximum Gasteiger partial charge on any atom is 0.191 e. The van der Waals surface area contributed by atoms with Crippen LogP contribution in [0.3, 0.4) is 0 Å². The molecule has 2 fully saturated rings. The zero-order valence-electron chi connectivity index (χ0n) is 15.7. The number of piperidine rings is 1. The van der Waals surface area contributed by atoms with E-state index in [0.717, 1.165) is 43.0 Å². The van der Waals surface area contributed by atoms with E-state index in [1.165, 1.54) is 44.3 Å². The monoisotopic (exact) mass is 461 g/mol. The van der Waals surface area contributed by atoms with E-state index in [2.05, 4.69) is 27.6 Å². The van der Waals surface area contributed by atoms with Gasteiger partial charge < -0.3 is 20.1 Å². The van der Waals surface area contributed by atoms with Crippen molar-refractivity contribution in [1.82, 2.24) is 20.7 Å². The number of aryl methyl sites for hydroxylation is 2. The molecule has 2 aliphatic rings. The summed E-state index contributed by atoms with van der Waals surface area (Å²) in [5.74, 6) is 1.85. The van der Waals surface area contributed by atoms with Crippen LogP contribution in [0.25, 0.3) is 0 Å². The van der Waals surface area contributed by atoms with Crippen LogP contribution in [-0.4, -0.2) is 54.3 Å². The molecule has 2 N–H and O–H groups in total. The third-order valence-electron chi connectivity index (χ3n) is 5.09. The van der Waals surface area contributed by atoms with E-state index in [1.807, 2.05) is 13.8 Å². The molecule has 1 saturated carbocycles. The van der Waals surface area contributed by atoms with Gasteiger partial charge in [0.15, 0.2) is 5.96 Å². The smallest absolute Gasteiger partial charge is 0.191 e. The summed E-state index contributed by atoms with van der Waals surface area (Å²) in [6.45, 7) is 10.2. The highest BCUT2D eigenvalue weighted by atomic mass is 127. The second kappa shape index (κ2) is 9.75. The minimum absolute atomic E-state index is 0. The first-order valence-electron chi connectivity index (χ1n) is 9.38. The summed E-state index contributed by atoms with van der Waals surface area (Å²) >= 11 is 0. The van der Waals surface area contributed by atoms with Crippen molar-refractivity contribution in [2.45, 2.75) is 65.0 Å². The van der Waals surface area contributed by atoms with E-state index in [1.54, 1.807) is 0 Å². The fourth-order valence-electron chi connectivity index (χ4n) is 3.50. The van der Waals surface area contributed by atoms with Crippen LogP contribution in [0.1, 0.15) is 49.6 Å². The lowest BCUT2D eigenvalue weighted by Crippen LogP contribution is -2.49. The van der Waals surface area contributed by atoms with Crippen molar-refractivity contribution in [3.05, 3.63) is 17.0 Å². The summed E-state index contributed by atoms with van der Waals surface area (Å²) in [6.07, 6.45) is 6.11. The number of guanidine groups is 1. The lowest BCUT2D eigenvalue weighted by molar-refractivity contribution is 0.197. The predicted molar refractivity (Wildman–Crippen MR) is 112 cm³/mol. The summed E-state index contributed by atoms with van der Waals surface area (Å²) < 4.78 is 5.22. The van der Waals surface area contributed by atoms with E-state index in [0.29, 0.717) is 6.04 Å². The van der Waals surface area contributed by atoms with Gasteiger partial charge in [-0.1, -0.05) is 5.16 Å². The predicted octanol–water partition coefficient (Wildman–Crippen LogP) is 2.63. The van der Waals surface area contributed by atoms with E-state index < -0.39 is 0 Å². The van der Waals surface area contributed by atoms with Gasteiger partial charge in [-0.15, -0.1) is 24.0 Å². The number of aromatic nitrogens is 1. The first-order chi connectivity index (χ1) is 11.7. The molecule has 1 aliphatic carbocycles. The molecule has 0 radical (unpaired) electrons. The molecule has 6 nitrogen and oxygen atoms in total. The average molecular weight is 461 g/mol. The second-order valence-electron chi connectivity index (χ2n) is 7.00. The van der Waals surface area contributed by atoms with E-state index >= 15 is 0 Å². The number of nitrogens with zero attached hydrogens (tertiary/aromatic N) is 3. The van der Waals surface area contributed by atoms with Gasteiger partial charge in [0.2, 0.25) is 0 Å². The van der Waals surface area contributed by atoms with E-state index in [-0.39, 0.29) is 24.0 Å². The molecule has 1 saturated heterocycles. The number of hydrogen-bond acceptors (Lipinski definition) is 4. The second-order valence-corrected chi connectivity index (χ2v) is 7.00. The Bertz CT molecular complexity index is 542. The number of halogens is 1. The van der Waals surface area contributed by atoms with Crippen LogP contribution >= 0.6 is 24.0 Å². The summed E-state index contributed by atoms with van der Waals surface area (Å²) in [5, 5.41) is 11.0. The molecule has 1 aliphatic heterocycles. The molecule has 0 bridgehead atoms. The molecular formula is C18H32IN5O. The Morgan fingerprint density at radius 2 is 1.96 bits per heavy atom. The van der Waals surface area contributed by atoms with Crippen LogP contribution in [0, 0.1) is 13.8 Å². The minimum Gasteiger partial charge on any atom is -0.361 e. The van der Waals surface area contributed by atoms with Crippen molar-refractivity contribution in [2.24, 2.45) is 4.99 Å². The molecule has 7 heteroatoms. The van der Waals surface area contributed by atoms with Gasteiger partial charge in [0.05, 0.1) is 5.69 Å². The Kier molecular flexibility index (Phi) is 7.99. The zero-order valence-corrected chi connectivity index (χ0v) is 18.0. The minimum atomic E-state index is 0. The number of nitrogens with one attached hydrogen (secondary N) is 2. The Balaban J connectivity index is 0.00000225. The summed E-state index contributed by atoms with van der Waals surface area (Å²) in [7, 11) is 0. The molecule has 0 amide bonds. The SMILES string of the molecule is CCNC(=NCCc1c(C)noc1C)NC1CCN(C2CC2)CC1.I. The van der Waals surface area contributed by atoms with Crippen molar-refractivity contribution >= 4 is 29.9 Å². The van der Waals surface area contributed by atoms with Crippen molar-refractivity contribution in [2.75, 3.05) is 26.2 Å². The lowest BCUT2D eigenvalue weighted by atomic mass is 10.1. The van der Waals surface area contributed by atoms with E-state index in [9.17, 15) is 0 Å². The zero-order chi connectivity index (χ0) is 16.9. The first kappa shape index (κ1) is 20.5. The van der Waals surface area contributed by atoms with Crippen molar-refractivity contribution < 1.29 is 4.52 Å². The van der Waals surface area contributed by atoms with Crippen LogP contribution in [0.5, 0.6) is 0 Å². The third-order valence-corrected chi connectivity index (χ3v) is 5.09. The van der Waals surface area contributed by atoms with Crippen molar-refractivity contribution in [3.8, 4) is 0 Å². The Morgan fingerprint density at radius 3 is 2.52 bits per heavy atom. The van der Waals surface area contributed by atoms with Gasteiger partial charge in [-0.3, -0.25) is 4.99 Å². The number of rotatable bonds is 6. The van der Waals surface area contributed by atoms with Crippen molar-refractivity contribution in [1.29, 1.82) is 0 Å². The van der Waals surface area contributed by atoms with Gasteiger partial charge in [0.1, 0.15) is 5.76 Å². The fourth-order valence-corrected chi connectivity index (χ4v) is 3.50. The molecule has 0 atom stereocenters. The molecule has 1 aromatic rings. The number of aliphatic imine (C=N–C) groups is 1. The van der Waals surface area contributed by atoms with Crippen LogP contribution in [0.15, 0.2) is 9.52 Å². The van der Waals surface area contributed by atoms with Gasteiger partial charge in [-0.05, 0) is 52.9 Å². The average Bonchev–Trinajstić information content (AvgIpc) is 3.37. The molecule has 3 rings (SSSR count). The standard InChI is InChI=1S/C18H31N5O.HI/c1-4-19-18(20-10-7-17-13(2)22-24-14(17)3)21-15-8-11-23(12-9-15)16-5-6-16;/h15-16H,4-12H2,1-3H3,(H2,19,20,21);1H. The quantitative estimate of drug-likeness (QED) is 0.388. The lowest BCUT2D eigenvalue weighted by Gasteiger charge is -2.33. The highest BCUT2D eigenvalue weighted by Gasteiger charge is 2.31. The van der Waals surface area contributed by atoms with Crippen LogP contribution in [0.2, 0.25) is 0 Å². The maximum atomic E-state index is 5.22.